The van der Waals surface area contributed by atoms with E-state index in [4.69, 9.17) is 5.11 Å². The highest BCUT2D eigenvalue weighted by molar-refractivity contribution is 5.73. The Labute approximate surface area is 107 Å². The molecule has 0 saturated carbocycles. The van der Waals surface area contributed by atoms with Gasteiger partial charge in [0, 0.05) is 13.3 Å². The summed E-state index contributed by atoms with van der Waals surface area (Å²) in [5.41, 5.74) is 3.27. The molecule has 0 heterocycles. The van der Waals surface area contributed by atoms with Crippen LogP contribution in [0.3, 0.4) is 0 Å². The quantitative estimate of drug-likeness (QED) is 0.841. The molecule has 1 aromatic carbocycles. The molecule has 0 spiro atoms. The molecule has 1 rings (SSSR count). The molecule has 4 heteroatoms. The lowest BCUT2D eigenvalue weighted by atomic mass is 9.98. The Hall–Kier alpha value is -1.84. The maximum Gasteiger partial charge on any atom is 0.303 e. The van der Waals surface area contributed by atoms with Crippen LogP contribution in [-0.4, -0.2) is 17.0 Å². The summed E-state index contributed by atoms with van der Waals surface area (Å²) < 4.78 is 0. The van der Waals surface area contributed by atoms with Gasteiger partial charge in [0.15, 0.2) is 0 Å². The molecule has 0 aliphatic heterocycles. The first kappa shape index (κ1) is 14.2. The van der Waals surface area contributed by atoms with E-state index in [0.717, 1.165) is 11.1 Å². The zero-order valence-electron chi connectivity index (χ0n) is 11.0. The second kappa shape index (κ2) is 6.19. The average molecular weight is 249 g/mol. The minimum absolute atomic E-state index is 0.0396. The first-order valence-corrected chi connectivity index (χ1v) is 5.96. The van der Waals surface area contributed by atoms with Crippen LogP contribution in [0, 0.1) is 13.8 Å². The van der Waals surface area contributed by atoms with Crippen LogP contribution in [0.2, 0.25) is 0 Å². The molecule has 1 aromatic rings. The Kier molecular flexibility index (Phi) is 4.89. The highest BCUT2D eigenvalue weighted by Gasteiger charge is 2.14. The molecule has 0 radical (unpaired) electrons. The van der Waals surface area contributed by atoms with E-state index in [2.05, 4.69) is 5.32 Å². The van der Waals surface area contributed by atoms with Crippen molar-refractivity contribution in [1.29, 1.82) is 0 Å². The number of aryl methyl sites for hydroxylation is 2. The van der Waals surface area contributed by atoms with Gasteiger partial charge < -0.3 is 10.4 Å². The van der Waals surface area contributed by atoms with Gasteiger partial charge in [0.05, 0.1) is 6.04 Å². The molecule has 0 aromatic heterocycles. The number of carboxylic acid groups (broad SMARTS) is 1. The average Bonchev–Trinajstić information content (AvgIpc) is 2.27. The van der Waals surface area contributed by atoms with Gasteiger partial charge in [-0.3, -0.25) is 9.59 Å². The van der Waals surface area contributed by atoms with Gasteiger partial charge in [0.1, 0.15) is 0 Å². The molecule has 0 saturated heterocycles. The predicted octanol–water partition coefficient (Wildman–Crippen LogP) is 2.35. The third-order valence-corrected chi connectivity index (χ3v) is 2.96. The van der Waals surface area contributed by atoms with E-state index in [1.807, 2.05) is 32.0 Å². The third kappa shape index (κ3) is 4.20. The number of rotatable bonds is 5. The van der Waals surface area contributed by atoms with Crippen molar-refractivity contribution < 1.29 is 14.7 Å². The fourth-order valence-electron chi connectivity index (χ4n) is 1.82. The Bertz CT molecular complexity index is 454. The number of hydrogen-bond donors (Lipinski definition) is 2. The lowest BCUT2D eigenvalue weighted by Crippen LogP contribution is -2.26. The van der Waals surface area contributed by atoms with Crippen molar-refractivity contribution >= 4 is 11.9 Å². The molecule has 0 aliphatic carbocycles. The summed E-state index contributed by atoms with van der Waals surface area (Å²) in [5.74, 6) is -1.00. The highest BCUT2D eigenvalue weighted by atomic mass is 16.4. The molecule has 0 bridgehead atoms. The molecule has 1 atom stereocenters. The van der Waals surface area contributed by atoms with Gasteiger partial charge in [-0.15, -0.1) is 0 Å². The molecule has 0 aliphatic rings. The van der Waals surface area contributed by atoms with Crippen LogP contribution in [-0.2, 0) is 9.59 Å². The number of hydrogen-bond acceptors (Lipinski definition) is 2. The number of nitrogens with one attached hydrogen (secondary N) is 1. The van der Waals surface area contributed by atoms with Crippen LogP contribution >= 0.6 is 0 Å². The van der Waals surface area contributed by atoms with Gasteiger partial charge >= 0.3 is 5.97 Å². The number of carboxylic acids is 1. The summed E-state index contributed by atoms with van der Waals surface area (Å²) >= 11 is 0. The second-order valence-electron chi connectivity index (χ2n) is 4.53. The van der Waals surface area contributed by atoms with Crippen molar-refractivity contribution in [3.63, 3.8) is 0 Å². The van der Waals surface area contributed by atoms with Crippen LogP contribution in [0.25, 0.3) is 0 Å². The Balaban J connectivity index is 2.89. The fraction of sp³-hybridized carbons (Fsp3) is 0.429. The predicted molar refractivity (Wildman–Crippen MR) is 69.3 cm³/mol. The largest absolute Gasteiger partial charge is 0.481 e. The van der Waals surface area contributed by atoms with Gasteiger partial charge in [-0.1, -0.05) is 18.2 Å². The maximum absolute atomic E-state index is 11.2. The van der Waals surface area contributed by atoms with Crippen molar-refractivity contribution in [3.05, 3.63) is 34.9 Å². The highest BCUT2D eigenvalue weighted by Crippen LogP contribution is 2.21. The topological polar surface area (TPSA) is 66.4 Å². The van der Waals surface area contributed by atoms with E-state index in [0.29, 0.717) is 6.42 Å². The van der Waals surface area contributed by atoms with Gasteiger partial charge in [0.2, 0.25) is 5.91 Å². The van der Waals surface area contributed by atoms with Crippen LogP contribution in [0.15, 0.2) is 18.2 Å². The minimum atomic E-state index is -0.853. The number of carbonyl (C=O) groups excluding carboxylic acids is 1. The minimum Gasteiger partial charge on any atom is -0.481 e. The summed E-state index contributed by atoms with van der Waals surface area (Å²) in [6.45, 7) is 5.46. The summed E-state index contributed by atoms with van der Waals surface area (Å²) in [6, 6.07) is 5.68. The van der Waals surface area contributed by atoms with Crippen molar-refractivity contribution in [1.82, 2.24) is 5.32 Å². The van der Waals surface area contributed by atoms with E-state index < -0.39 is 5.97 Å². The van der Waals surface area contributed by atoms with E-state index in [-0.39, 0.29) is 18.4 Å². The van der Waals surface area contributed by atoms with Crippen LogP contribution in [0.1, 0.15) is 42.5 Å². The van der Waals surface area contributed by atoms with Crippen LogP contribution in [0.4, 0.5) is 0 Å². The molecule has 1 unspecified atom stereocenters. The van der Waals surface area contributed by atoms with Gasteiger partial charge in [0.25, 0.3) is 0 Å². The molecular formula is C14H19NO3. The second-order valence-corrected chi connectivity index (χ2v) is 4.53. The molecule has 18 heavy (non-hydrogen) atoms. The Morgan fingerprint density at radius 1 is 1.28 bits per heavy atom. The summed E-state index contributed by atoms with van der Waals surface area (Å²) in [5, 5.41) is 11.5. The smallest absolute Gasteiger partial charge is 0.303 e. The van der Waals surface area contributed by atoms with E-state index in [1.165, 1.54) is 12.5 Å². The number of aliphatic carboxylic acids is 1. The van der Waals surface area contributed by atoms with Crippen molar-refractivity contribution in [2.45, 2.75) is 39.7 Å². The molecular weight excluding hydrogens is 230 g/mol. The van der Waals surface area contributed by atoms with E-state index in [9.17, 15) is 9.59 Å². The summed E-state index contributed by atoms with van der Waals surface area (Å²) in [7, 11) is 0. The first-order chi connectivity index (χ1) is 8.40. The lowest BCUT2D eigenvalue weighted by molar-refractivity contribution is -0.137. The molecule has 1 amide bonds. The van der Waals surface area contributed by atoms with E-state index in [1.54, 1.807) is 0 Å². The number of benzene rings is 1. The molecule has 98 valence electrons. The van der Waals surface area contributed by atoms with Crippen molar-refractivity contribution in [2.75, 3.05) is 0 Å². The zero-order valence-corrected chi connectivity index (χ0v) is 11.0. The Morgan fingerprint density at radius 3 is 2.44 bits per heavy atom. The molecule has 2 N–H and O–H groups in total. The van der Waals surface area contributed by atoms with Crippen LogP contribution < -0.4 is 5.32 Å². The van der Waals surface area contributed by atoms with Crippen LogP contribution in [0.5, 0.6) is 0 Å². The van der Waals surface area contributed by atoms with Crippen molar-refractivity contribution in [2.24, 2.45) is 0 Å². The lowest BCUT2D eigenvalue weighted by Gasteiger charge is -2.18. The van der Waals surface area contributed by atoms with Gasteiger partial charge in [-0.2, -0.15) is 0 Å². The zero-order chi connectivity index (χ0) is 13.7. The fourth-order valence-corrected chi connectivity index (χ4v) is 1.82. The van der Waals surface area contributed by atoms with Gasteiger partial charge in [-0.05, 0) is 37.0 Å². The van der Waals surface area contributed by atoms with E-state index >= 15 is 0 Å². The summed E-state index contributed by atoms with van der Waals surface area (Å²) in [6.07, 6.45) is 0.440. The number of amides is 1. The standard InChI is InChI=1S/C14H19NO3/c1-9-4-5-12(8-10(9)2)13(15-11(3)16)6-7-14(17)18/h4-5,8,13H,6-7H2,1-3H3,(H,15,16)(H,17,18). The normalized spacial score (nSPS) is 11.9. The molecule has 0 fully saturated rings. The van der Waals surface area contributed by atoms with Crippen molar-refractivity contribution in [3.8, 4) is 0 Å². The maximum atomic E-state index is 11.2. The SMILES string of the molecule is CC(=O)NC(CCC(=O)O)c1ccc(C)c(C)c1. The summed E-state index contributed by atoms with van der Waals surface area (Å²) in [4.78, 5) is 21.8. The van der Waals surface area contributed by atoms with Gasteiger partial charge in [-0.25, -0.2) is 0 Å². The third-order valence-electron chi connectivity index (χ3n) is 2.96. The molecule has 4 nitrogen and oxygen atoms in total. The monoisotopic (exact) mass is 249 g/mol. The number of carbonyl (C=O) groups is 2. The first-order valence-electron chi connectivity index (χ1n) is 5.96. The Morgan fingerprint density at radius 2 is 1.94 bits per heavy atom.